The fraction of sp³-hybridized carbons (Fsp3) is 0.632. The van der Waals surface area contributed by atoms with Crippen LogP contribution in [0, 0.1) is 0 Å². The summed E-state index contributed by atoms with van der Waals surface area (Å²) in [5, 5.41) is 45.2. The van der Waals surface area contributed by atoms with Gasteiger partial charge >= 0.3 is 29.7 Å². The van der Waals surface area contributed by atoms with Crippen LogP contribution < -0.4 is 0 Å². The van der Waals surface area contributed by atoms with Crippen LogP contribution >= 0.6 is 34.8 Å². The van der Waals surface area contributed by atoms with Crippen LogP contribution in [-0.2, 0) is 33.6 Å². The van der Waals surface area contributed by atoms with E-state index in [-0.39, 0.29) is 47.9 Å². The summed E-state index contributed by atoms with van der Waals surface area (Å²) in [4.78, 5) is 65.3. The highest BCUT2D eigenvalue weighted by Gasteiger charge is 2.15. The number of halogens is 3. The predicted octanol–water partition coefficient (Wildman–Crippen LogP) is 3.18. The number of aliphatic carboxylic acids is 4. The Labute approximate surface area is 221 Å². The molecule has 6 N–H and O–H groups in total. The van der Waals surface area contributed by atoms with Crippen LogP contribution in [0.5, 0.6) is 0 Å². The first-order valence-corrected chi connectivity index (χ1v) is 8.94. The van der Waals surface area contributed by atoms with Gasteiger partial charge in [0.05, 0.1) is 0 Å². The van der Waals surface area contributed by atoms with Gasteiger partial charge in [0, 0.05) is 12.3 Å². The van der Waals surface area contributed by atoms with Gasteiger partial charge in [0.25, 0.3) is 6.47 Å². The van der Waals surface area contributed by atoms with E-state index in [1.165, 1.54) is 0 Å². The number of hydrogen-bond donors (Lipinski definition) is 6. The first-order valence-electron chi connectivity index (χ1n) is 7.44. The first-order chi connectivity index (χ1) is 14.0. The van der Waals surface area contributed by atoms with E-state index in [0.717, 1.165) is 13.3 Å². The number of rotatable bonds is 6. The average molecular weight is 584 g/mol. The minimum absolute atomic E-state index is 0. The van der Waals surface area contributed by atoms with E-state index in [9.17, 15) is 24.0 Å². The Morgan fingerprint density at radius 3 is 0.971 bits per heavy atom. The van der Waals surface area contributed by atoms with Gasteiger partial charge < -0.3 is 30.6 Å². The van der Waals surface area contributed by atoms with Crippen molar-refractivity contribution in [1.29, 1.82) is 0 Å². The second-order valence-corrected chi connectivity index (χ2v) is 5.37. The highest BCUT2D eigenvalue weighted by atomic mass is 35.5. The number of aliphatic hydroxyl groups excluding tert-OH is 1. The van der Waals surface area contributed by atoms with E-state index in [4.69, 9.17) is 75.0 Å². The molecule has 16 heteroatoms. The molecule has 13 nitrogen and oxygen atoms in total. The largest absolute Gasteiger partial charge is 0.483 e. The summed E-state index contributed by atoms with van der Waals surface area (Å²) >= 11 is 14.9. The Kier molecular flexibility index (Phi) is 96.6. The lowest BCUT2D eigenvalue weighted by Gasteiger charge is -1.87. The summed E-state index contributed by atoms with van der Waals surface area (Å²) < 4.78 is 0. The highest BCUT2D eigenvalue weighted by molar-refractivity contribution is 6.61. The molecular formula is C19H41Cl3O13. The van der Waals surface area contributed by atoms with Gasteiger partial charge in [0.2, 0.25) is 5.78 Å². The zero-order valence-electron chi connectivity index (χ0n) is 16.7. The van der Waals surface area contributed by atoms with Crippen molar-refractivity contribution in [2.45, 2.75) is 62.3 Å². The standard InChI is InChI=1S/C4H9Cl.C4H4O4.2C2H3ClO2.C2H4O3.CH2O2.4CH4/c1-3-4(2)5;1-2(5)3(6)4(7)8;3*3-1-2(4)5;2-1-3;;;;/h4H,3H2,1-2H3;1H3,(H,7,8);2*1H2,(H,4,5);3H,1H2,(H,4,5);1H,(H,2,3);4*1H4. The SMILES string of the molecule is C.C.C.C.CC(=O)C(=O)C(=O)O.CCC(C)Cl.O=C(O)CCl.O=C(O)CCl.O=C(O)CO.O=CO. The summed E-state index contributed by atoms with van der Waals surface area (Å²) in [6.45, 7) is 3.94. The molecule has 0 spiro atoms. The highest BCUT2D eigenvalue weighted by Crippen LogP contribution is 1.95. The van der Waals surface area contributed by atoms with Crippen LogP contribution in [0.15, 0.2) is 0 Å². The van der Waals surface area contributed by atoms with Crippen molar-refractivity contribution in [3.05, 3.63) is 0 Å². The predicted molar refractivity (Wildman–Crippen MR) is 136 cm³/mol. The zero-order chi connectivity index (χ0) is 26.6. The van der Waals surface area contributed by atoms with E-state index in [2.05, 4.69) is 6.92 Å². The molecule has 0 aliphatic carbocycles. The Balaban J connectivity index is -0.0000000267. The molecular weight excluding hydrogens is 543 g/mol. The molecule has 0 aliphatic heterocycles. The number of alkyl halides is 3. The third kappa shape index (κ3) is 150. The topological polar surface area (TPSA) is 241 Å². The summed E-state index contributed by atoms with van der Waals surface area (Å²) in [7, 11) is 0. The molecule has 0 aromatic heterocycles. The van der Waals surface area contributed by atoms with Crippen molar-refractivity contribution < 1.29 is 64.2 Å². The van der Waals surface area contributed by atoms with Crippen LogP contribution in [0.1, 0.15) is 56.9 Å². The van der Waals surface area contributed by atoms with E-state index in [1.807, 2.05) is 6.92 Å². The van der Waals surface area contributed by atoms with Crippen LogP contribution in [0.2, 0.25) is 0 Å². The van der Waals surface area contributed by atoms with Crippen molar-refractivity contribution in [2.75, 3.05) is 18.4 Å². The lowest BCUT2D eigenvalue weighted by Crippen LogP contribution is -2.19. The second kappa shape index (κ2) is 53.1. The smallest absolute Gasteiger partial charge is 0.380 e. The Hall–Kier alpha value is -2.48. The van der Waals surface area contributed by atoms with Crippen LogP contribution in [0.25, 0.3) is 0 Å². The number of aliphatic hydroxyl groups is 1. The van der Waals surface area contributed by atoms with Crippen molar-refractivity contribution in [3.63, 3.8) is 0 Å². The normalized spacial score (nSPS) is 7.51. The molecule has 0 aromatic rings. The van der Waals surface area contributed by atoms with Gasteiger partial charge in [-0.1, -0.05) is 36.6 Å². The lowest BCUT2D eigenvalue weighted by molar-refractivity contribution is -0.152. The van der Waals surface area contributed by atoms with Crippen LogP contribution in [0.4, 0.5) is 0 Å². The molecule has 0 amide bonds. The van der Waals surface area contributed by atoms with Crippen LogP contribution in [-0.4, -0.2) is 96.3 Å². The Bertz CT molecular complexity index is 477. The maximum Gasteiger partial charge on any atom is 0.380 e. The molecule has 1 unspecified atom stereocenters. The molecule has 0 fully saturated rings. The molecule has 0 heterocycles. The number of ketones is 2. The summed E-state index contributed by atoms with van der Waals surface area (Å²) in [5.41, 5.74) is 0. The van der Waals surface area contributed by atoms with E-state index < -0.39 is 42.1 Å². The molecule has 0 saturated carbocycles. The maximum absolute atomic E-state index is 9.89. The molecule has 0 saturated heterocycles. The number of hydrogen-bond acceptors (Lipinski definition) is 8. The molecule has 0 bridgehead atoms. The molecule has 1 atom stereocenters. The summed E-state index contributed by atoms with van der Waals surface area (Å²) in [6, 6.07) is 0. The molecule has 35 heavy (non-hydrogen) atoms. The molecule has 0 rings (SSSR count). The van der Waals surface area contributed by atoms with Crippen molar-refractivity contribution in [1.82, 2.24) is 0 Å². The Morgan fingerprint density at radius 1 is 0.800 bits per heavy atom. The van der Waals surface area contributed by atoms with Gasteiger partial charge in [0.1, 0.15) is 18.4 Å². The van der Waals surface area contributed by atoms with Gasteiger partial charge in [0.15, 0.2) is 0 Å². The molecule has 0 radical (unpaired) electrons. The molecule has 0 aromatic carbocycles. The lowest BCUT2D eigenvalue weighted by atomic mass is 10.3. The number of Topliss-reactive ketones (excluding diaryl/α,β-unsaturated/α-hetero) is 2. The molecule has 0 aliphatic rings. The quantitative estimate of drug-likeness (QED) is 0.114. The van der Waals surface area contributed by atoms with E-state index in [1.54, 1.807) is 0 Å². The number of carbonyl (C=O) groups is 7. The zero-order valence-corrected chi connectivity index (χ0v) is 18.9. The van der Waals surface area contributed by atoms with Gasteiger partial charge in [-0.3, -0.25) is 24.0 Å². The summed E-state index contributed by atoms with van der Waals surface area (Å²) in [5.74, 6) is -7.77. The minimum Gasteiger partial charge on any atom is -0.483 e. The van der Waals surface area contributed by atoms with Crippen LogP contribution in [0.3, 0.4) is 0 Å². The fourth-order valence-electron chi connectivity index (χ4n) is 0.151. The van der Waals surface area contributed by atoms with Gasteiger partial charge in [-0.05, 0) is 13.3 Å². The fourth-order valence-corrected chi connectivity index (χ4v) is 0.151. The van der Waals surface area contributed by atoms with Gasteiger partial charge in [-0.25, -0.2) is 9.59 Å². The van der Waals surface area contributed by atoms with Crippen molar-refractivity contribution in [3.8, 4) is 0 Å². The van der Waals surface area contributed by atoms with Gasteiger partial charge in [-0.15, -0.1) is 34.8 Å². The number of carboxylic acids is 4. The van der Waals surface area contributed by atoms with Crippen molar-refractivity contribution >= 4 is 76.7 Å². The number of carboxylic acid groups (broad SMARTS) is 5. The van der Waals surface area contributed by atoms with E-state index in [0.29, 0.717) is 5.38 Å². The Morgan fingerprint density at radius 2 is 0.971 bits per heavy atom. The second-order valence-electron chi connectivity index (χ2n) is 4.09. The van der Waals surface area contributed by atoms with E-state index >= 15 is 0 Å². The first kappa shape index (κ1) is 63.7. The summed E-state index contributed by atoms with van der Waals surface area (Å²) in [6.07, 6.45) is 1.07. The molecule has 216 valence electrons. The monoisotopic (exact) mass is 582 g/mol. The third-order valence-corrected chi connectivity index (χ3v) is 2.21. The maximum atomic E-state index is 9.89. The minimum atomic E-state index is -1.70. The average Bonchev–Trinajstić information content (AvgIpc) is 2.69. The van der Waals surface area contributed by atoms with Gasteiger partial charge in [-0.2, -0.15) is 0 Å². The number of carbonyl (C=O) groups excluding carboxylic acids is 2. The third-order valence-electron chi connectivity index (χ3n) is 1.44. The van der Waals surface area contributed by atoms with Crippen molar-refractivity contribution in [2.24, 2.45) is 0 Å².